The Kier molecular flexibility index (Phi) is 5.66. The van der Waals surface area contributed by atoms with E-state index in [4.69, 9.17) is 0 Å². The summed E-state index contributed by atoms with van der Waals surface area (Å²) in [6.07, 6.45) is 0. The molecule has 138 valence electrons. The Morgan fingerprint density at radius 2 is 1.96 bits per heavy atom. The summed E-state index contributed by atoms with van der Waals surface area (Å²) in [5.74, 6) is -0.252. The number of aromatic amines is 1. The van der Waals surface area contributed by atoms with E-state index in [1.807, 2.05) is 6.07 Å². The number of likely N-dealkylation sites (N-methyl/N-ethyl adjacent to an activating group) is 1. The molecule has 0 bridgehead atoms. The van der Waals surface area contributed by atoms with Crippen LogP contribution in [0.4, 0.5) is 0 Å². The molecule has 0 saturated heterocycles. The van der Waals surface area contributed by atoms with E-state index in [9.17, 15) is 14.4 Å². The topological polar surface area (TPSA) is 95.2 Å². The number of nitrogens with zero attached hydrogens (tertiary/aromatic N) is 2. The lowest BCUT2D eigenvalue weighted by Crippen LogP contribution is -2.38. The molecule has 3 aromatic rings. The fraction of sp³-hybridized carbons (Fsp3) is 0.158. The third-order valence-electron chi connectivity index (χ3n) is 3.96. The van der Waals surface area contributed by atoms with Crippen LogP contribution >= 0.6 is 15.9 Å². The van der Waals surface area contributed by atoms with Gasteiger partial charge in [0, 0.05) is 17.1 Å². The molecular weight excluding hydrogens is 412 g/mol. The van der Waals surface area contributed by atoms with Crippen LogP contribution in [0.5, 0.6) is 0 Å². The zero-order valence-electron chi connectivity index (χ0n) is 14.5. The Bertz CT molecular complexity index is 1060. The molecule has 1 aromatic heterocycles. The average molecular weight is 429 g/mol. The molecule has 0 aliphatic rings. The van der Waals surface area contributed by atoms with Crippen LogP contribution in [0.15, 0.2) is 57.8 Å². The van der Waals surface area contributed by atoms with Crippen molar-refractivity contribution in [1.29, 1.82) is 0 Å². The van der Waals surface area contributed by atoms with Crippen molar-refractivity contribution in [2.45, 2.75) is 6.54 Å². The summed E-state index contributed by atoms with van der Waals surface area (Å²) in [4.78, 5) is 44.9. The first kappa shape index (κ1) is 18.8. The van der Waals surface area contributed by atoms with Gasteiger partial charge in [-0.05, 0) is 30.3 Å². The molecule has 0 aliphatic carbocycles. The highest BCUT2D eigenvalue weighted by molar-refractivity contribution is 9.10. The number of carbonyl (C=O) groups is 2. The first-order valence-corrected chi connectivity index (χ1v) is 8.99. The predicted octanol–water partition coefficient (Wildman–Crippen LogP) is 2.07. The number of para-hydroxylation sites is 1. The normalized spacial score (nSPS) is 10.6. The molecule has 0 unspecified atom stereocenters. The van der Waals surface area contributed by atoms with Crippen molar-refractivity contribution in [2.75, 3.05) is 13.6 Å². The molecule has 0 spiro atoms. The van der Waals surface area contributed by atoms with Crippen molar-refractivity contribution in [2.24, 2.45) is 0 Å². The number of hydrogen-bond donors (Lipinski definition) is 2. The highest BCUT2D eigenvalue weighted by Crippen LogP contribution is 2.11. The molecule has 7 nitrogen and oxygen atoms in total. The van der Waals surface area contributed by atoms with Gasteiger partial charge in [0.1, 0.15) is 5.82 Å². The molecule has 2 amide bonds. The quantitative estimate of drug-likeness (QED) is 0.649. The minimum Gasteiger partial charge on any atom is -0.343 e. The summed E-state index contributed by atoms with van der Waals surface area (Å²) in [5, 5.41) is 3.09. The number of aromatic nitrogens is 2. The van der Waals surface area contributed by atoms with Gasteiger partial charge < -0.3 is 15.2 Å². The largest absolute Gasteiger partial charge is 0.343 e. The lowest BCUT2D eigenvalue weighted by Gasteiger charge is -2.17. The standard InChI is InChI=1S/C19H17BrN4O3/c1-24(11-16-22-15-8-3-2-7-14(15)19(27)23-16)17(25)10-21-18(26)12-5-4-6-13(20)9-12/h2-9H,10-11H2,1H3,(H,21,26)(H,22,23,27). The summed E-state index contributed by atoms with van der Waals surface area (Å²) in [7, 11) is 1.59. The van der Waals surface area contributed by atoms with Crippen molar-refractivity contribution in [3.05, 3.63) is 74.7 Å². The number of hydrogen-bond acceptors (Lipinski definition) is 4. The van der Waals surface area contributed by atoms with Crippen LogP contribution in [0.2, 0.25) is 0 Å². The van der Waals surface area contributed by atoms with Crippen LogP contribution in [0.25, 0.3) is 10.9 Å². The minimum atomic E-state index is -0.338. The van der Waals surface area contributed by atoms with Crippen LogP contribution in [0.1, 0.15) is 16.2 Å². The number of amides is 2. The van der Waals surface area contributed by atoms with E-state index in [1.165, 1.54) is 4.90 Å². The van der Waals surface area contributed by atoms with Crippen LogP contribution in [0.3, 0.4) is 0 Å². The molecule has 1 heterocycles. The summed E-state index contributed by atoms with van der Waals surface area (Å²) in [6, 6.07) is 13.9. The van der Waals surface area contributed by atoms with Crippen LogP contribution in [0, 0.1) is 0 Å². The molecule has 27 heavy (non-hydrogen) atoms. The maximum Gasteiger partial charge on any atom is 0.258 e. The summed E-state index contributed by atoms with van der Waals surface area (Å²) >= 11 is 3.30. The van der Waals surface area contributed by atoms with Crippen LogP contribution in [-0.4, -0.2) is 40.3 Å². The first-order chi connectivity index (χ1) is 12.9. The zero-order valence-corrected chi connectivity index (χ0v) is 16.1. The third kappa shape index (κ3) is 4.59. The third-order valence-corrected chi connectivity index (χ3v) is 4.45. The number of H-pyrrole nitrogens is 1. The van der Waals surface area contributed by atoms with Gasteiger partial charge in [0.15, 0.2) is 0 Å². The Labute approximate surface area is 163 Å². The molecule has 3 rings (SSSR count). The maximum absolute atomic E-state index is 12.3. The summed E-state index contributed by atoms with van der Waals surface area (Å²) < 4.78 is 0.782. The minimum absolute atomic E-state index is 0.131. The molecule has 0 fully saturated rings. The van der Waals surface area contributed by atoms with Gasteiger partial charge in [-0.2, -0.15) is 0 Å². The predicted molar refractivity (Wildman–Crippen MR) is 105 cm³/mol. The lowest BCUT2D eigenvalue weighted by molar-refractivity contribution is -0.129. The van der Waals surface area contributed by atoms with Gasteiger partial charge in [0.2, 0.25) is 5.91 Å². The van der Waals surface area contributed by atoms with Gasteiger partial charge in [0.05, 0.1) is 24.0 Å². The highest BCUT2D eigenvalue weighted by atomic mass is 79.9. The van der Waals surface area contributed by atoms with E-state index in [0.717, 1.165) is 4.47 Å². The summed E-state index contributed by atoms with van der Waals surface area (Å²) in [5.41, 5.74) is 0.778. The van der Waals surface area contributed by atoms with Gasteiger partial charge >= 0.3 is 0 Å². The number of nitrogens with one attached hydrogen (secondary N) is 2. The molecule has 2 aromatic carbocycles. The van der Waals surface area contributed by atoms with E-state index in [1.54, 1.807) is 49.5 Å². The molecule has 0 saturated carbocycles. The molecule has 8 heteroatoms. The Morgan fingerprint density at radius 3 is 2.74 bits per heavy atom. The zero-order chi connectivity index (χ0) is 19.4. The number of rotatable bonds is 5. The van der Waals surface area contributed by atoms with E-state index in [2.05, 4.69) is 31.2 Å². The molecule has 2 N–H and O–H groups in total. The highest BCUT2D eigenvalue weighted by Gasteiger charge is 2.14. The van der Waals surface area contributed by atoms with E-state index >= 15 is 0 Å². The van der Waals surface area contributed by atoms with Crippen molar-refractivity contribution in [3.8, 4) is 0 Å². The fourth-order valence-electron chi connectivity index (χ4n) is 2.55. The second-order valence-electron chi connectivity index (χ2n) is 5.97. The molecule has 0 atom stereocenters. The number of fused-ring (bicyclic) bond motifs is 1. The molecular formula is C19H17BrN4O3. The summed E-state index contributed by atoms with van der Waals surface area (Å²) in [6.45, 7) is -0.0225. The Hall–Kier alpha value is -3.00. The van der Waals surface area contributed by atoms with Crippen molar-refractivity contribution in [1.82, 2.24) is 20.2 Å². The van der Waals surface area contributed by atoms with Crippen molar-refractivity contribution < 1.29 is 9.59 Å². The van der Waals surface area contributed by atoms with E-state index in [0.29, 0.717) is 22.3 Å². The Morgan fingerprint density at radius 1 is 1.19 bits per heavy atom. The number of halogens is 1. The van der Waals surface area contributed by atoms with Crippen molar-refractivity contribution in [3.63, 3.8) is 0 Å². The maximum atomic E-state index is 12.3. The van der Waals surface area contributed by atoms with Crippen LogP contribution < -0.4 is 10.9 Å². The average Bonchev–Trinajstić information content (AvgIpc) is 2.65. The SMILES string of the molecule is CN(Cc1nc2ccccc2c(=O)[nH]1)C(=O)CNC(=O)c1cccc(Br)c1. The molecule has 0 aliphatic heterocycles. The van der Waals surface area contributed by atoms with Crippen LogP contribution in [-0.2, 0) is 11.3 Å². The van der Waals surface area contributed by atoms with E-state index < -0.39 is 0 Å². The van der Waals surface area contributed by atoms with Crippen molar-refractivity contribution >= 4 is 38.6 Å². The fourth-order valence-corrected chi connectivity index (χ4v) is 2.94. The van der Waals surface area contributed by atoms with Gasteiger partial charge in [-0.1, -0.05) is 34.1 Å². The van der Waals surface area contributed by atoms with E-state index in [-0.39, 0.29) is 30.5 Å². The first-order valence-electron chi connectivity index (χ1n) is 8.19. The van der Waals surface area contributed by atoms with Gasteiger partial charge in [0.25, 0.3) is 11.5 Å². The smallest absolute Gasteiger partial charge is 0.258 e. The Balaban J connectivity index is 1.62. The van der Waals surface area contributed by atoms with Gasteiger partial charge in [-0.3, -0.25) is 14.4 Å². The second kappa shape index (κ2) is 8.13. The lowest BCUT2D eigenvalue weighted by atomic mass is 10.2. The van der Waals surface area contributed by atoms with Gasteiger partial charge in [-0.25, -0.2) is 4.98 Å². The number of carbonyl (C=O) groups excluding carboxylic acids is 2. The van der Waals surface area contributed by atoms with Gasteiger partial charge in [-0.15, -0.1) is 0 Å². The monoisotopic (exact) mass is 428 g/mol. The molecule has 0 radical (unpaired) electrons. The second-order valence-corrected chi connectivity index (χ2v) is 6.89. The number of benzene rings is 2.